The number of hydrogen-bond donors (Lipinski definition) is 1. The van der Waals surface area contributed by atoms with E-state index >= 15 is 0 Å². The Kier molecular flexibility index (Phi) is 2.36. The number of aromatic carboxylic acids is 1. The van der Waals surface area contributed by atoms with Gasteiger partial charge in [0.2, 0.25) is 5.76 Å². The van der Waals surface area contributed by atoms with E-state index in [1.165, 1.54) is 6.07 Å². The smallest absolute Gasteiger partial charge is 0.374 e. The van der Waals surface area contributed by atoms with Gasteiger partial charge in [-0.15, -0.1) is 0 Å². The molecule has 0 radical (unpaired) electrons. The SMILES string of the molecule is CN(C)c1cc(C=O)oc1C(=O)O. The largest absolute Gasteiger partial charge is 0.475 e. The Morgan fingerprint density at radius 2 is 2.23 bits per heavy atom. The molecule has 0 atom stereocenters. The van der Waals surface area contributed by atoms with E-state index in [0.29, 0.717) is 12.0 Å². The zero-order valence-corrected chi connectivity index (χ0v) is 7.27. The summed E-state index contributed by atoms with van der Waals surface area (Å²) in [5.41, 5.74) is 0.384. The summed E-state index contributed by atoms with van der Waals surface area (Å²) in [5, 5.41) is 8.69. The number of carboxylic acids is 1. The van der Waals surface area contributed by atoms with Crippen LogP contribution in [0.25, 0.3) is 0 Å². The molecule has 1 aromatic heterocycles. The molecule has 0 amide bonds. The van der Waals surface area contributed by atoms with Gasteiger partial charge in [-0.1, -0.05) is 0 Å². The van der Waals surface area contributed by atoms with Gasteiger partial charge in [0.15, 0.2) is 12.0 Å². The maximum Gasteiger partial charge on any atom is 0.374 e. The van der Waals surface area contributed by atoms with Gasteiger partial charge < -0.3 is 14.4 Å². The Balaban J connectivity index is 3.22. The molecule has 0 bridgehead atoms. The summed E-state index contributed by atoms with van der Waals surface area (Å²) in [6, 6.07) is 1.39. The highest BCUT2D eigenvalue weighted by molar-refractivity contribution is 5.93. The Hall–Kier alpha value is -1.78. The number of furan rings is 1. The van der Waals surface area contributed by atoms with Crippen molar-refractivity contribution in [3.05, 3.63) is 17.6 Å². The summed E-state index contributed by atoms with van der Waals surface area (Å²) >= 11 is 0. The first-order valence-electron chi connectivity index (χ1n) is 3.56. The van der Waals surface area contributed by atoms with Crippen LogP contribution in [-0.2, 0) is 0 Å². The first-order valence-corrected chi connectivity index (χ1v) is 3.56. The standard InChI is InChI=1S/C8H9NO4/c1-9(2)6-3-5(4-10)13-7(6)8(11)12/h3-4H,1-2H3,(H,11,12). The summed E-state index contributed by atoms with van der Waals surface area (Å²) < 4.78 is 4.78. The summed E-state index contributed by atoms with van der Waals surface area (Å²) in [5.74, 6) is -1.38. The van der Waals surface area contributed by atoms with Crippen LogP contribution in [0.5, 0.6) is 0 Å². The van der Waals surface area contributed by atoms with Crippen LogP contribution < -0.4 is 4.90 Å². The number of carbonyl (C=O) groups excluding carboxylic acids is 1. The summed E-state index contributed by atoms with van der Waals surface area (Å²) in [6.45, 7) is 0. The third-order valence-corrected chi connectivity index (χ3v) is 1.52. The van der Waals surface area contributed by atoms with E-state index in [9.17, 15) is 9.59 Å². The van der Waals surface area contributed by atoms with Crippen molar-refractivity contribution in [2.75, 3.05) is 19.0 Å². The molecule has 1 aromatic rings. The van der Waals surface area contributed by atoms with Crippen molar-refractivity contribution in [1.82, 2.24) is 0 Å². The second-order valence-corrected chi connectivity index (χ2v) is 2.68. The predicted molar refractivity (Wildman–Crippen MR) is 45.4 cm³/mol. The molecule has 0 spiro atoms. The summed E-state index contributed by atoms with van der Waals surface area (Å²) in [7, 11) is 3.34. The summed E-state index contributed by atoms with van der Waals surface area (Å²) in [4.78, 5) is 22.5. The topological polar surface area (TPSA) is 70.8 Å². The van der Waals surface area contributed by atoms with E-state index < -0.39 is 5.97 Å². The molecule has 0 saturated carbocycles. The molecule has 0 fully saturated rings. The zero-order chi connectivity index (χ0) is 10.0. The van der Waals surface area contributed by atoms with Crippen LogP contribution in [-0.4, -0.2) is 31.5 Å². The van der Waals surface area contributed by atoms with E-state index in [1.54, 1.807) is 19.0 Å². The summed E-state index contributed by atoms with van der Waals surface area (Å²) in [6.07, 6.45) is 0.472. The van der Waals surface area contributed by atoms with E-state index in [2.05, 4.69) is 0 Å². The number of anilines is 1. The van der Waals surface area contributed by atoms with Crippen LogP contribution in [0.2, 0.25) is 0 Å². The normalized spacial score (nSPS) is 9.69. The molecule has 0 aromatic carbocycles. The lowest BCUT2D eigenvalue weighted by Gasteiger charge is -2.08. The van der Waals surface area contributed by atoms with Crippen molar-refractivity contribution in [3.63, 3.8) is 0 Å². The van der Waals surface area contributed by atoms with Gasteiger partial charge in [0.1, 0.15) is 0 Å². The van der Waals surface area contributed by atoms with Gasteiger partial charge in [-0.2, -0.15) is 0 Å². The number of nitrogens with zero attached hydrogens (tertiary/aromatic N) is 1. The average Bonchev–Trinajstić information content (AvgIpc) is 2.47. The maximum atomic E-state index is 10.6. The van der Waals surface area contributed by atoms with E-state index in [0.717, 1.165) is 0 Å². The third-order valence-electron chi connectivity index (χ3n) is 1.52. The molecular formula is C8H9NO4. The van der Waals surface area contributed by atoms with Crippen molar-refractivity contribution < 1.29 is 19.1 Å². The molecular weight excluding hydrogens is 174 g/mol. The van der Waals surface area contributed by atoms with Crippen molar-refractivity contribution >= 4 is 17.9 Å². The Morgan fingerprint density at radius 1 is 1.62 bits per heavy atom. The Morgan fingerprint density at radius 3 is 2.54 bits per heavy atom. The van der Waals surface area contributed by atoms with Crippen molar-refractivity contribution in [1.29, 1.82) is 0 Å². The fourth-order valence-corrected chi connectivity index (χ4v) is 0.943. The molecule has 5 nitrogen and oxygen atoms in total. The molecule has 0 aliphatic carbocycles. The van der Waals surface area contributed by atoms with Crippen molar-refractivity contribution in [2.45, 2.75) is 0 Å². The van der Waals surface area contributed by atoms with Gasteiger partial charge in [-0.3, -0.25) is 4.79 Å². The number of carboxylic acid groups (broad SMARTS) is 1. The van der Waals surface area contributed by atoms with E-state index in [4.69, 9.17) is 9.52 Å². The highest BCUT2D eigenvalue weighted by Crippen LogP contribution is 2.22. The monoisotopic (exact) mass is 183 g/mol. The molecule has 0 saturated heterocycles. The number of carbonyl (C=O) groups is 2. The zero-order valence-electron chi connectivity index (χ0n) is 7.27. The molecule has 5 heteroatoms. The minimum absolute atomic E-state index is 0.0149. The number of aldehydes is 1. The van der Waals surface area contributed by atoms with Gasteiger partial charge in [0, 0.05) is 20.2 Å². The first-order chi connectivity index (χ1) is 6.06. The van der Waals surface area contributed by atoms with Crippen LogP contribution in [0.3, 0.4) is 0 Å². The maximum absolute atomic E-state index is 10.6. The Bertz CT molecular complexity index is 340. The number of hydrogen-bond acceptors (Lipinski definition) is 4. The fourth-order valence-electron chi connectivity index (χ4n) is 0.943. The molecule has 0 aliphatic heterocycles. The van der Waals surface area contributed by atoms with Crippen LogP contribution in [0.15, 0.2) is 10.5 Å². The first kappa shape index (κ1) is 9.31. The minimum atomic E-state index is -1.18. The van der Waals surface area contributed by atoms with E-state index in [1.807, 2.05) is 0 Å². The van der Waals surface area contributed by atoms with Crippen LogP contribution in [0, 0.1) is 0 Å². The van der Waals surface area contributed by atoms with Gasteiger partial charge in [0.05, 0.1) is 5.69 Å². The van der Waals surface area contributed by atoms with Crippen LogP contribution in [0.1, 0.15) is 21.1 Å². The quantitative estimate of drug-likeness (QED) is 0.703. The average molecular weight is 183 g/mol. The van der Waals surface area contributed by atoms with Crippen molar-refractivity contribution in [3.8, 4) is 0 Å². The van der Waals surface area contributed by atoms with Gasteiger partial charge in [-0.25, -0.2) is 4.79 Å². The highest BCUT2D eigenvalue weighted by Gasteiger charge is 2.18. The van der Waals surface area contributed by atoms with Crippen molar-refractivity contribution in [2.24, 2.45) is 0 Å². The lowest BCUT2D eigenvalue weighted by atomic mass is 10.3. The molecule has 1 heterocycles. The number of rotatable bonds is 3. The van der Waals surface area contributed by atoms with Crippen LogP contribution in [0.4, 0.5) is 5.69 Å². The Labute approximate surface area is 74.6 Å². The second kappa shape index (κ2) is 3.30. The molecule has 0 aliphatic rings. The van der Waals surface area contributed by atoms with Gasteiger partial charge >= 0.3 is 5.97 Å². The fraction of sp³-hybridized carbons (Fsp3) is 0.250. The highest BCUT2D eigenvalue weighted by atomic mass is 16.4. The third kappa shape index (κ3) is 1.69. The molecule has 0 unspecified atom stereocenters. The predicted octanol–water partition coefficient (Wildman–Crippen LogP) is 0.856. The lowest BCUT2D eigenvalue weighted by Crippen LogP contribution is -2.11. The molecule has 13 heavy (non-hydrogen) atoms. The van der Waals surface area contributed by atoms with E-state index in [-0.39, 0.29) is 11.5 Å². The molecule has 1 rings (SSSR count). The second-order valence-electron chi connectivity index (χ2n) is 2.68. The minimum Gasteiger partial charge on any atom is -0.475 e. The van der Waals surface area contributed by atoms with Gasteiger partial charge in [-0.05, 0) is 0 Å². The molecule has 1 N–H and O–H groups in total. The van der Waals surface area contributed by atoms with Crippen LogP contribution >= 0.6 is 0 Å². The lowest BCUT2D eigenvalue weighted by molar-refractivity contribution is 0.0662. The molecule has 70 valence electrons. The van der Waals surface area contributed by atoms with Gasteiger partial charge in [0.25, 0.3) is 0 Å².